The molecule has 0 radical (unpaired) electrons. The number of pyridine rings is 1. The molecular weight excluding hydrogens is 456 g/mol. The second-order valence-corrected chi connectivity index (χ2v) is 6.60. The Hall–Kier alpha value is -1.98. The zero-order valence-electron chi connectivity index (χ0n) is 14.1. The number of hydrogen-bond donors (Lipinski definition) is 2. The minimum absolute atomic E-state index is 0.0828. The number of hydrogen-bond acceptors (Lipinski definition) is 5. The first kappa shape index (κ1) is 20.3. The molecule has 9 heteroatoms. The maximum atomic E-state index is 14.0. The molecule has 26 heavy (non-hydrogen) atoms. The highest BCUT2D eigenvalue weighted by molar-refractivity contribution is 14.1. The number of anilines is 2. The molecule has 1 aromatic heterocycles. The zero-order valence-corrected chi connectivity index (χ0v) is 16.3. The van der Waals surface area contributed by atoms with E-state index >= 15 is 0 Å². The maximum absolute atomic E-state index is 14.0. The van der Waals surface area contributed by atoms with Gasteiger partial charge in [-0.1, -0.05) is 0 Å². The highest BCUT2D eigenvalue weighted by Crippen LogP contribution is 2.23. The second kappa shape index (κ2) is 9.64. The van der Waals surface area contributed by atoms with Gasteiger partial charge in [-0.2, -0.15) is 0 Å². The van der Waals surface area contributed by atoms with Crippen molar-refractivity contribution in [3.63, 3.8) is 0 Å². The van der Waals surface area contributed by atoms with E-state index in [1.807, 2.05) is 22.6 Å². The van der Waals surface area contributed by atoms with Gasteiger partial charge in [-0.15, -0.1) is 0 Å². The lowest BCUT2D eigenvalue weighted by Gasteiger charge is -2.14. The predicted molar refractivity (Wildman–Crippen MR) is 104 cm³/mol. The lowest BCUT2D eigenvalue weighted by atomic mass is 10.2. The molecule has 0 unspecified atom stereocenters. The van der Waals surface area contributed by atoms with E-state index < -0.39 is 11.7 Å². The van der Waals surface area contributed by atoms with Crippen LogP contribution in [0.5, 0.6) is 0 Å². The summed E-state index contributed by atoms with van der Waals surface area (Å²) in [5.74, 6) is -1.23. The van der Waals surface area contributed by atoms with E-state index in [1.165, 1.54) is 29.0 Å². The first-order valence-electron chi connectivity index (χ1n) is 7.75. The Morgan fingerprint density at radius 1 is 1.27 bits per heavy atom. The Morgan fingerprint density at radius 3 is 2.69 bits per heavy atom. The highest BCUT2D eigenvalue weighted by Gasteiger charge is 2.14. The Morgan fingerprint density at radius 2 is 2.04 bits per heavy atom. The van der Waals surface area contributed by atoms with Gasteiger partial charge in [0.15, 0.2) is 0 Å². The Kier molecular flexibility index (Phi) is 7.54. The van der Waals surface area contributed by atoms with Crippen molar-refractivity contribution in [2.75, 3.05) is 32.2 Å². The van der Waals surface area contributed by atoms with Crippen molar-refractivity contribution in [1.82, 2.24) is 4.57 Å². The van der Waals surface area contributed by atoms with Gasteiger partial charge in [0, 0.05) is 29.5 Å². The number of halogens is 2. The van der Waals surface area contributed by atoms with E-state index in [1.54, 1.807) is 13.2 Å². The minimum atomic E-state index is -0.729. The van der Waals surface area contributed by atoms with Crippen LogP contribution >= 0.6 is 22.6 Å². The average molecular weight is 475 g/mol. The van der Waals surface area contributed by atoms with E-state index in [-0.39, 0.29) is 35.6 Å². The van der Waals surface area contributed by atoms with Crippen molar-refractivity contribution < 1.29 is 18.7 Å². The van der Waals surface area contributed by atoms with Crippen molar-refractivity contribution in [3.05, 3.63) is 55.8 Å². The molecule has 0 spiro atoms. The van der Waals surface area contributed by atoms with Crippen molar-refractivity contribution in [2.45, 2.75) is 6.54 Å². The number of amides is 1. The van der Waals surface area contributed by atoms with Crippen LogP contribution in [0.25, 0.3) is 0 Å². The van der Waals surface area contributed by atoms with Gasteiger partial charge in [-0.05, 0) is 40.8 Å². The van der Waals surface area contributed by atoms with Gasteiger partial charge < -0.3 is 25.1 Å². The van der Waals surface area contributed by atoms with Crippen molar-refractivity contribution in [3.8, 4) is 0 Å². The third-order valence-electron chi connectivity index (χ3n) is 3.50. The molecule has 0 aliphatic heterocycles. The van der Waals surface area contributed by atoms with Crippen LogP contribution in [0.3, 0.4) is 0 Å². The van der Waals surface area contributed by atoms with Crippen molar-refractivity contribution in [2.24, 2.45) is 5.73 Å². The van der Waals surface area contributed by atoms with Crippen LogP contribution in [0.4, 0.5) is 15.8 Å². The van der Waals surface area contributed by atoms with Crippen molar-refractivity contribution >= 4 is 39.9 Å². The molecule has 0 fully saturated rings. The number of benzene rings is 1. The SMILES string of the molecule is COCCOCCn1cc(C(N)=O)c(Nc2ccc(I)cc2F)cc1=O. The summed E-state index contributed by atoms with van der Waals surface area (Å²) in [7, 11) is 1.56. The van der Waals surface area contributed by atoms with Gasteiger partial charge in [0.1, 0.15) is 5.82 Å². The monoisotopic (exact) mass is 475 g/mol. The second-order valence-electron chi connectivity index (χ2n) is 5.35. The number of nitrogens with two attached hydrogens (primary N) is 1. The lowest BCUT2D eigenvalue weighted by Crippen LogP contribution is -2.26. The van der Waals surface area contributed by atoms with E-state index in [4.69, 9.17) is 15.2 Å². The molecule has 0 saturated heterocycles. The first-order chi connectivity index (χ1) is 12.4. The van der Waals surface area contributed by atoms with E-state index in [9.17, 15) is 14.0 Å². The van der Waals surface area contributed by atoms with E-state index in [2.05, 4.69) is 5.32 Å². The quantitative estimate of drug-likeness (QED) is 0.428. The third-order valence-corrected chi connectivity index (χ3v) is 4.17. The van der Waals surface area contributed by atoms with Gasteiger partial charge >= 0.3 is 0 Å². The molecule has 0 bridgehead atoms. The summed E-state index contributed by atoms with van der Waals surface area (Å²) < 4.78 is 26.3. The van der Waals surface area contributed by atoms with Crippen LogP contribution in [0.2, 0.25) is 0 Å². The minimum Gasteiger partial charge on any atom is -0.382 e. The summed E-state index contributed by atoms with van der Waals surface area (Å²) in [6, 6.07) is 5.78. The van der Waals surface area contributed by atoms with Gasteiger partial charge in [0.25, 0.3) is 11.5 Å². The Labute approximate surface area is 163 Å². The Balaban J connectivity index is 2.22. The van der Waals surface area contributed by atoms with Crippen LogP contribution in [0, 0.1) is 9.39 Å². The summed E-state index contributed by atoms with van der Waals surface area (Å²) in [6.45, 7) is 1.38. The smallest absolute Gasteiger partial charge is 0.252 e. The normalized spacial score (nSPS) is 10.7. The molecule has 1 amide bonds. The maximum Gasteiger partial charge on any atom is 0.252 e. The van der Waals surface area contributed by atoms with Crippen LogP contribution in [0.1, 0.15) is 10.4 Å². The fourth-order valence-corrected chi connectivity index (χ4v) is 2.64. The molecule has 1 heterocycles. The average Bonchev–Trinajstić information content (AvgIpc) is 2.58. The number of nitrogens with zero attached hydrogens (tertiary/aromatic N) is 1. The van der Waals surface area contributed by atoms with Crippen LogP contribution < -0.4 is 16.6 Å². The zero-order chi connectivity index (χ0) is 19.1. The van der Waals surface area contributed by atoms with Gasteiger partial charge in [-0.25, -0.2) is 4.39 Å². The lowest BCUT2D eigenvalue weighted by molar-refractivity contribution is 0.0662. The molecular formula is C17H19FIN3O4. The predicted octanol–water partition coefficient (Wildman–Crippen LogP) is 2.10. The van der Waals surface area contributed by atoms with E-state index in [0.29, 0.717) is 13.2 Å². The number of ether oxygens (including phenoxy) is 2. The van der Waals surface area contributed by atoms with Crippen LogP contribution in [-0.4, -0.2) is 37.4 Å². The molecule has 0 aliphatic rings. The number of methoxy groups -OCH3 is 1. The summed E-state index contributed by atoms with van der Waals surface area (Å²) in [4.78, 5) is 24.0. The standard InChI is InChI=1S/C17H19FIN3O4/c1-25-6-7-26-5-4-22-10-12(17(20)24)15(9-16(22)23)21-14-3-2-11(19)8-13(14)18/h2-3,8-10,21H,4-7H2,1H3,(H2,20,24). The van der Waals surface area contributed by atoms with Gasteiger partial charge in [-0.3, -0.25) is 9.59 Å². The fraction of sp³-hybridized carbons (Fsp3) is 0.294. The number of nitrogens with one attached hydrogen (secondary N) is 1. The van der Waals surface area contributed by atoms with Crippen LogP contribution in [0.15, 0.2) is 35.3 Å². The fourth-order valence-electron chi connectivity index (χ4n) is 2.19. The number of carbonyl (C=O) groups excluding carboxylic acids is 1. The summed E-state index contributed by atoms with van der Waals surface area (Å²) in [5.41, 5.74) is 5.43. The molecule has 0 aliphatic carbocycles. The highest BCUT2D eigenvalue weighted by atomic mass is 127. The first-order valence-corrected chi connectivity index (χ1v) is 8.83. The molecule has 0 atom stereocenters. The molecule has 7 nitrogen and oxygen atoms in total. The summed E-state index contributed by atoms with van der Waals surface area (Å²) in [6.07, 6.45) is 1.34. The largest absolute Gasteiger partial charge is 0.382 e. The number of primary amides is 1. The molecule has 0 saturated carbocycles. The molecule has 2 rings (SSSR count). The topological polar surface area (TPSA) is 95.6 Å². The van der Waals surface area contributed by atoms with Crippen LogP contribution in [-0.2, 0) is 16.0 Å². The summed E-state index contributed by atoms with van der Waals surface area (Å²) in [5, 5.41) is 2.76. The van der Waals surface area contributed by atoms with Crippen molar-refractivity contribution in [1.29, 1.82) is 0 Å². The molecule has 3 N–H and O–H groups in total. The van der Waals surface area contributed by atoms with Gasteiger partial charge in [0.05, 0.1) is 36.8 Å². The molecule has 1 aromatic carbocycles. The Bertz CT molecular complexity index is 841. The molecule has 140 valence electrons. The number of aromatic nitrogens is 1. The third kappa shape index (κ3) is 5.51. The number of carbonyl (C=O) groups is 1. The summed E-state index contributed by atoms with van der Waals surface area (Å²) >= 11 is 1.99. The number of rotatable bonds is 9. The van der Waals surface area contributed by atoms with E-state index in [0.717, 1.165) is 3.57 Å². The molecule has 2 aromatic rings. The van der Waals surface area contributed by atoms with Gasteiger partial charge in [0.2, 0.25) is 0 Å².